The number of aromatic hydroxyl groups is 2. The summed E-state index contributed by atoms with van der Waals surface area (Å²) in [6.07, 6.45) is 1.34. The molecule has 3 rings (SSSR count). The zero-order chi connectivity index (χ0) is 21.0. The summed E-state index contributed by atoms with van der Waals surface area (Å²) in [4.78, 5) is 25.3. The fourth-order valence-corrected chi connectivity index (χ4v) is 3.01. The zero-order valence-corrected chi connectivity index (χ0v) is 16.0. The first kappa shape index (κ1) is 19.9. The molecular formula is C21H21N3O5. The molecule has 1 amide bonds. The number of carbonyl (C=O) groups excluding carboxylic acids is 1. The van der Waals surface area contributed by atoms with E-state index >= 15 is 0 Å². The number of fused-ring (bicyclic) bond motifs is 1. The number of amides is 1. The topological polar surface area (TPSA) is 113 Å². The molecule has 8 nitrogen and oxygen atoms in total. The standard InChI is InChI=1S/C21H21N3O5/c1-3-24-15-8-6-5-7-14(15)19(26)18(21(24)28)20(27)23-22-12-13-9-10-16(25)17(11-13)29-4-2/h5-12,25-26H,3-4H2,1-2H3,(H,23,27). The minimum absolute atomic E-state index is 0.00534. The number of benzene rings is 2. The highest BCUT2D eigenvalue weighted by Gasteiger charge is 2.21. The van der Waals surface area contributed by atoms with E-state index in [0.29, 0.717) is 35.4 Å². The normalized spacial score (nSPS) is 11.1. The van der Waals surface area contributed by atoms with Crippen LogP contribution in [-0.4, -0.2) is 33.5 Å². The van der Waals surface area contributed by atoms with E-state index in [1.165, 1.54) is 16.8 Å². The average molecular weight is 395 g/mol. The molecule has 0 aliphatic heterocycles. The van der Waals surface area contributed by atoms with Crippen LogP contribution in [-0.2, 0) is 6.54 Å². The van der Waals surface area contributed by atoms with Crippen LogP contribution in [0.15, 0.2) is 52.4 Å². The van der Waals surface area contributed by atoms with Gasteiger partial charge in [-0.3, -0.25) is 9.59 Å². The second-order valence-electron chi connectivity index (χ2n) is 6.15. The fourth-order valence-electron chi connectivity index (χ4n) is 3.01. The molecule has 0 aliphatic carbocycles. The monoisotopic (exact) mass is 395 g/mol. The van der Waals surface area contributed by atoms with Gasteiger partial charge in [0, 0.05) is 11.9 Å². The Balaban J connectivity index is 1.90. The van der Waals surface area contributed by atoms with E-state index in [1.54, 1.807) is 50.2 Å². The number of ether oxygens (including phenoxy) is 1. The second-order valence-corrected chi connectivity index (χ2v) is 6.15. The van der Waals surface area contributed by atoms with Crippen molar-refractivity contribution < 1.29 is 19.7 Å². The van der Waals surface area contributed by atoms with Crippen molar-refractivity contribution >= 4 is 23.0 Å². The van der Waals surface area contributed by atoms with Gasteiger partial charge in [0.05, 0.1) is 18.3 Å². The maximum Gasteiger partial charge on any atom is 0.280 e. The third-order valence-electron chi connectivity index (χ3n) is 4.35. The summed E-state index contributed by atoms with van der Waals surface area (Å²) in [5, 5.41) is 24.5. The molecule has 1 heterocycles. The minimum atomic E-state index is -0.819. The molecule has 0 spiro atoms. The van der Waals surface area contributed by atoms with E-state index in [-0.39, 0.29) is 17.1 Å². The van der Waals surface area contributed by atoms with E-state index in [2.05, 4.69) is 10.5 Å². The Kier molecular flexibility index (Phi) is 5.82. The van der Waals surface area contributed by atoms with Gasteiger partial charge in [-0.05, 0) is 49.7 Å². The van der Waals surface area contributed by atoms with Crippen LogP contribution >= 0.6 is 0 Å². The summed E-state index contributed by atoms with van der Waals surface area (Å²) in [6.45, 7) is 4.30. The molecule has 3 aromatic rings. The molecule has 0 fully saturated rings. The number of hydrogen-bond acceptors (Lipinski definition) is 6. The van der Waals surface area contributed by atoms with E-state index in [4.69, 9.17) is 4.74 Å². The van der Waals surface area contributed by atoms with Gasteiger partial charge < -0.3 is 19.5 Å². The number of carbonyl (C=O) groups is 1. The predicted octanol–water partition coefficient (Wildman–Crippen LogP) is 2.60. The fraction of sp³-hybridized carbons (Fsp3) is 0.190. The van der Waals surface area contributed by atoms with E-state index in [9.17, 15) is 19.8 Å². The first-order chi connectivity index (χ1) is 14.0. The lowest BCUT2D eigenvalue weighted by atomic mass is 10.1. The van der Waals surface area contributed by atoms with Crippen LogP contribution in [0.4, 0.5) is 0 Å². The number of nitrogens with one attached hydrogen (secondary N) is 1. The highest BCUT2D eigenvalue weighted by molar-refractivity contribution is 6.02. The van der Waals surface area contributed by atoms with Gasteiger partial charge in [0.1, 0.15) is 11.3 Å². The van der Waals surface area contributed by atoms with Crippen LogP contribution < -0.4 is 15.7 Å². The molecule has 0 atom stereocenters. The minimum Gasteiger partial charge on any atom is -0.506 e. The van der Waals surface area contributed by atoms with Crippen LogP contribution in [0.25, 0.3) is 10.9 Å². The molecule has 0 saturated carbocycles. The van der Waals surface area contributed by atoms with Crippen molar-refractivity contribution in [1.29, 1.82) is 0 Å². The number of nitrogens with zero attached hydrogens (tertiary/aromatic N) is 2. The van der Waals surface area contributed by atoms with Crippen LogP contribution in [0.5, 0.6) is 17.2 Å². The quantitative estimate of drug-likeness (QED) is 0.439. The number of aryl methyl sites for hydroxylation is 1. The highest BCUT2D eigenvalue weighted by atomic mass is 16.5. The Bertz CT molecular complexity index is 1150. The lowest BCUT2D eigenvalue weighted by Crippen LogP contribution is -2.31. The van der Waals surface area contributed by atoms with Crippen molar-refractivity contribution in [3.05, 3.63) is 63.9 Å². The lowest BCUT2D eigenvalue weighted by molar-refractivity contribution is 0.0950. The molecule has 0 unspecified atom stereocenters. The number of hydrogen-bond donors (Lipinski definition) is 3. The maximum absolute atomic E-state index is 12.7. The van der Waals surface area contributed by atoms with Gasteiger partial charge in [-0.2, -0.15) is 5.10 Å². The largest absolute Gasteiger partial charge is 0.506 e. The average Bonchev–Trinajstić information content (AvgIpc) is 2.71. The van der Waals surface area contributed by atoms with E-state index in [1.807, 2.05) is 0 Å². The number of para-hydroxylation sites is 1. The lowest BCUT2D eigenvalue weighted by Gasteiger charge is -2.12. The van der Waals surface area contributed by atoms with E-state index in [0.717, 1.165) is 0 Å². The summed E-state index contributed by atoms with van der Waals surface area (Å²) < 4.78 is 6.71. The third kappa shape index (κ3) is 3.91. The first-order valence-electron chi connectivity index (χ1n) is 9.11. The van der Waals surface area contributed by atoms with Gasteiger partial charge in [0.15, 0.2) is 11.5 Å². The molecule has 1 aromatic heterocycles. The van der Waals surface area contributed by atoms with Crippen molar-refractivity contribution in [3.63, 3.8) is 0 Å². The second kappa shape index (κ2) is 8.47. The SMILES string of the molecule is CCOc1cc(C=NNC(=O)c2c(O)c3ccccc3n(CC)c2=O)ccc1O. The molecule has 0 radical (unpaired) electrons. The van der Waals surface area contributed by atoms with Gasteiger partial charge in [-0.1, -0.05) is 12.1 Å². The van der Waals surface area contributed by atoms with Gasteiger partial charge in [-0.25, -0.2) is 5.43 Å². The van der Waals surface area contributed by atoms with Gasteiger partial charge in [0.2, 0.25) is 0 Å². The highest BCUT2D eigenvalue weighted by Crippen LogP contribution is 2.27. The number of phenols is 1. The van der Waals surface area contributed by atoms with Crippen LogP contribution in [0, 0.1) is 0 Å². The third-order valence-corrected chi connectivity index (χ3v) is 4.35. The van der Waals surface area contributed by atoms with Crippen molar-refractivity contribution in [3.8, 4) is 17.2 Å². The molecular weight excluding hydrogens is 374 g/mol. The van der Waals surface area contributed by atoms with Crippen molar-refractivity contribution in [1.82, 2.24) is 9.99 Å². The van der Waals surface area contributed by atoms with Crippen LogP contribution in [0.2, 0.25) is 0 Å². The summed E-state index contributed by atoms with van der Waals surface area (Å²) in [5.74, 6) is -0.915. The van der Waals surface area contributed by atoms with Crippen LogP contribution in [0.1, 0.15) is 29.8 Å². The Labute approximate surface area is 166 Å². The van der Waals surface area contributed by atoms with Crippen molar-refractivity contribution in [2.45, 2.75) is 20.4 Å². The Hall–Kier alpha value is -3.81. The van der Waals surface area contributed by atoms with E-state index < -0.39 is 11.5 Å². The number of pyridine rings is 1. The molecule has 0 aliphatic rings. The molecule has 3 N–H and O–H groups in total. The molecule has 2 aromatic carbocycles. The Morgan fingerprint density at radius 3 is 2.69 bits per heavy atom. The molecule has 8 heteroatoms. The Morgan fingerprint density at radius 1 is 1.21 bits per heavy atom. The van der Waals surface area contributed by atoms with Crippen LogP contribution in [0.3, 0.4) is 0 Å². The molecule has 29 heavy (non-hydrogen) atoms. The number of rotatable bonds is 6. The number of hydrazone groups is 1. The number of phenolic OH excluding ortho intramolecular Hbond substituents is 1. The Morgan fingerprint density at radius 2 is 1.97 bits per heavy atom. The summed E-state index contributed by atoms with van der Waals surface area (Å²) in [5.41, 5.74) is 2.41. The zero-order valence-electron chi connectivity index (χ0n) is 16.0. The summed E-state index contributed by atoms with van der Waals surface area (Å²) in [7, 11) is 0. The molecule has 0 bridgehead atoms. The molecule has 150 valence electrons. The smallest absolute Gasteiger partial charge is 0.280 e. The van der Waals surface area contributed by atoms with Crippen molar-refractivity contribution in [2.24, 2.45) is 5.10 Å². The van der Waals surface area contributed by atoms with Gasteiger partial charge in [0.25, 0.3) is 11.5 Å². The first-order valence-corrected chi connectivity index (χ1v) is 9.11. The van der Waals surface area contributed by atoms with Gasteiger partial charge in [-0.15, -0.1) is 0 Å². The predicted molar refractivity (Wildman–Crippen MR) is 110 cm³/mol. The summed E-state index contributed by atoms with van der Waals surface area (Å²) in [6, 6.07) is 11.4. The summed E-state index contributed by atoms with van der Waals surface area (Å²) >= 11 is 0. The molecule has 0 saturated heterocycles. The maximum atomic E-state index is 12.7. The van der Waals surface area contributed by atoms with Gasteiger partial charge >= 0.3 is 0 Å². The van der Waals surface area contributed by atoms with Crippen molar-refractivity contribution in [2.75, 3.05) is 6.61 Å². The number of aromatic nitrogens is 1.